The molecule has 0 atom stereocenters. The van der Waals surface area contributed by atoms with E-state index in [0.717, 1.165) is 16.8 Å². The van der Waals surface area contributed by atoms with Crippen LogP contribution < -0.4 is 10.2 Å². The van der Waals surface area contributed by atoms with Crippen molar-refractivity contribution in [1.29, 1.82) is 0 Å². The van der Waals surface area contributed by atoms with Crippen LogP contribution in [0, 0.1) is 0 Å². The Morgan fingerprint density at radius 3 is 2.29 bits per heavy atom. The second kappa shape index (κ2) is 11.9. The molecule has 0 spiro atoms. The van der Waals surface area contributed by atoms with Crippen molar-refractivity contribution in [2.45, 2.75) is 13.1 Å². The van der Waals surface area contributed by atoms with E-state index in [1.165, 1.54) is 0 Å². The summed E-state index contributed by atoms with van der Waals surface area (Å²) < 4.78 is 2.03. The van der Waals surface area contributed by atoms with Gasteiger partial charge in [-0.05, 0) is 35.4 Å². The van der Waals surface area contributed by atoms with Crippen LogP contribution in [0.2, 0.25) is 15.1 Å². The number of carbonyl (C=O) groups excluding carboxylic acids is 1. The Morgan fingerprint density at radius 2 is 1.56 bits per heavy atom. The number of carbonyl (C=O) groups is 1. The Hall–Kier alpha value is -3.85. The van der Waals surface area contributed by atoms with E-state index in [0.29, 0.717) is 77.2 Å². The van der Waals surface area contributed by atoms with E-state index in [1.807, 2.05) is 47.0 Å². The molecule has 0 bridgehead atoms. The zero-order valence-electron chi connectivity index (χ0n) is 22.0. The van der Waals surface area contributed by atoms with Crippen LogP contribution in [0.3, 0.4) is 0 Å². The number of hydrogen-bond donors (Lipinski definition) is 1. The van der Waals surface area contributed by atoms with Gasteiger partial charge in [0, 0.05) is 53.4 Å². The first-order valence-corrected chi connectivity index (χ1v) is 14.3. The number of nitrogens with one attached hydrogen (secondary N) is 1. The van der Waals surface area contributed by atoms with Crippen molar-refractivity contribution in [3.63, 3.8) is 0 Å². The first-order valence-electron chi connectivity index (χ1n) is 13.2. The van der Waals surface area contributed by atoms with E-state index in [2.05, 4.69) is 27.3 Å². The van der Waals surface area contributed by atoms with Gasteiger partial charge < -0.3 is 19.7 Å². The molecule has 1 fully saturated rings. The normalized spacial score (nSPS) is 13.5. The summed E-state index contributed by atoms with van der Waals surface area (Å²) in [7, 11) is 0. The second-order valence-electron chi connectivity index (χ2n) is 9.78. The Morgan fingerprint density at radius 1 is 0.854 bits per heavy atom. The van der Waals surface area contributed by atoms with E-state index >= 15 is 0 Å². The summed E-state index contributed by atoms with van der Waals surface area (Å²) in [5.74, 6) is 1.10. The van der Waals surface area contributed by atoms with Crippen molar-refractivity contribution in [3.05, 3.63) is 111 Å². The molecule has 8 nitrogen and oxygen atoms in total. The van der Waals surface area contributed by atoms with Crippen LogP contribution in [-0.2, 0) is 13.1 Å². The highest BCUT2D eigenvalue weighted by Crippen LogP contribution is 2.26. The molecule has 5 aromatic rings. The SMILES string of the molecule is O=C(c1cc(Cl)cc(Cl)c1)N1CCN(c2nc(NCc3ccccc3Cl)c3ncn(Cc4ccccc4)c3n2)CC1. The Labute approximate surface area is 252 Å². The zero-order chi connectivity index (χ0) is 28.3. The average molecular weight is 607 g/mol. The third-order valence-corrected chi connectivity index (χ3v) is 7.82. The third kappa shape index (κ3) is 6.10. The minimum atomic E-state index is -0.103. The number of rotatable bonds is 7. The molecular formula is C30H26Cl3N7O. The van der Waals surface area contributed by atoms with Crippen molar-refractivity contribution in [1.82, 2.24) is 24.4 Å². The van der Waals surface area contributed by atoms with Crippen LogP contribution in [0.1, 0.15) is 21.5 Å². The van der Waals surface area contributed by atoms with Gasteiger partial charge in [-0.1, -0.05) is 83.3 Å². The van der Waals surface area contributed by atoms with Gasteiger partial charge in [0.1, 0.15) is 0 Å². The van der Waals surface area contributed by atoms with Crippen molar-refractivity contribution < 1.29 is 4.79 Å². The molecule has 11 heteroatoms. The molecule has 1 N–H and O–H groups in total. The van der Waals surface area contributed by atoms with Gasteiger partial charge in [0.2, 0.25) is 5.95 Å². The van der Waals surface area contributed by atoms with Crippen LogP contribution in [0.4, 0.5) is 11.8 Å². The van der Waals surface area contributed by atoms with Crippen molar-refractivity contribution in [2.24, 2.45) is 0 Å². The highest BCUT2D eigenvalue weighted by Gasteiger charge is 2.25. The molecule has 0 saturated carbocycles. The lowest BCUT2D eigenvalue weighted by Crippen LogP contribution is -2.49. The summed E-state index contributed by atoms with van der Waals surface area (Å²) >= 11 is 18.7. The summed E-state index contributed by atoms with van der Waals surface area (Å²) in [6, 6.07) is 22.8. The van der Waals surface area contributed by atoms with Gasteiger partial charge >= 0.3 is 0 Å². The van der Waals surface area contributed by atoms with Crippen LogP contribution >= 0.6 is 34.8 Å². The number of halogens is 3. The summed E-state index contributed by atoms with van der Waals surface area (Å²) in [6.07, 6.45) is 1.80. The number of benzene rings is 3. The van der Waals surface area contributed by atoms with Crippen molar-refractivity contribution in [2.75, 3.05) is 36.4 Å². The predicted molar refractivity (Wildman–Crippen MR) is 164 cm³/mol. The van der Waals surface area contributed by atoms with E-state index in [-0.39, 0.29) is 5.91 Å². The Bertz CT molecular complexity index is 1680. The number of fused-ring (bicyclic) bond motifs is 1. The number of nitrogens with zero attached hydrogens (tertiary/aromatic N) is 6. The maximum atomic E-state index is 13.1. The largest absolute Gasteiger partial charge is 0.364 e. The Balaban J connectivity index is 1.27. The predicted octanol–water partition coefficient (Wildman–Crippen LogP) is 6.41. The molecule has 1 amide bonds. The van der Waals surface area contributed by atoms with Crippen LogP contribution in [0.15, 0.2) is 79.1 Å². The molecule has 1 aliphatic rings. The molecule has 3 aromatic carbocycles. The molecule has 0 unspecified atom stereocenters. The fourth-order valence-electron chi connectivity index (χ4n) is 4.88. The van der Waals surface area contributed by atoms with Gasteiger partial charge in [-0.25, -0.2) is 4.98 Å². The standard InChI is InChI=1S/C30H26Cl3N7O/c31-23-14-22(15-24(32)16-23)29(41)38-10-12-39(13-11-38)30-36-27(34-17-21-8-4-5-9-25(21)33)26-28(37-30)40(19-35-26)18-20-6-2-1-3-7-20/h1-9,14-16,19H,10-13,17-18H2,(H,34,36,37). The Kier molecular flexibility index (Phi) is 7.96. The van der Waals surface area contributed by atoms with Gasteiger partial charge in [-0.3, -0.25) is 4.79 Å². The lowest BCUT2D eigenvalue weighted by molar-refractivity contribution is 0.0746. The molecule has 0 radical (unpaired) electrons. The molecule has 0 aliphatic carbocycles. The molecule has 2 aromatic heterocycles. The van der Waals surface area contributed by atoms with Crippen molar-refractivity contribution in [3.8, 4) is 0 Å². The van der Waals surface area contributed by atoms with Crippen LogP contribution in [-0.4, -0.2) is 56.5 Å². The first kappa shape index (κ1) is 27.3. The number of anilines is 2. The molecular weight excluding hydrogens is 581 g/mol. The molecule has 41 heavy (non-hydrogen) atoms. The molecule has 3 heterocycles. The van der Waals surface area contributed by atoms with Crippen molar-refractivity contribution >= 4 is 63.6 Å². The molecule has 1 saturated heterocycles. The van der Waals surface area contributed by atoms with Gasteiger partial charge in [-0.2, -0.15) is 9.97 Å². The number of hydrogen-bond acceptors (Lipinski definition) is 6. The fourth-order valence-corrected chi connectivity index (χ4v) is 5.61. The fraction of sp³-hybridized carbons (Fsp3) is 0.200. The van der Waals surface area contributed by atoms with Crippen LogP contribution in [0.5, 0.6) is 0 Å². The average Bonchev–Trinajstić information content (AvgIpc) is 3.39. The lowest BCUT2D eigenvalue weighted by atomic mass is 10.2. The number of amides is 1. The highest BCUT2D eigenvalue weighted by molar-refractivity contribution is 6.35. The number of imidazole rings is 1. The zero-order valence-corrected chi connectivity index (χ0v) is 24.2. The maximum Gasteiger partial charge on any atom is 0.254 e. The lowest BCUT2D eigenvalue weighted by Gasteiger charge is -2.35. The third-order valence-electron chi connectivity index (χ3n) is 7.01. The maximum absolute atomic E-state index is 13.1. The molecule has 208 valence electrons. The smallest absolute Gasteiger partial charge is 0.254 e. The summed E-state index contributed by atoms with van der Waals surface area (Å²) in [5.41, 5.74) is 3.99. The monoisotopic (exact) mass is 605 g/mol. The van der Waals surface area contributed by atoms with Gasteiger partial charge in [0.15, 0.2) is 17.0 Å². The van der Waals surface area contributed by atoms with E-state index < -0.39 is 0 Å². The molecule has 1 aliphatic heterocycles. The van der Waals surface area contributed by atoms with Gasteiger partial charge in [0.05, 0.1) is 12.9 Å². The van der Waals surface area contributed by atoms with E-state index in [1.54, 1.807) is 29.4 Å². The first-order chi connectivity index (χ1) is 19.9. The minimum absolute atomic E-state index is 0.103. The van der Waals surface area contributed by atoms with E-state index in [9.17, 15) is 4.79 Å². The quantitative estimate of drug-likeness (QED) is 0.231. The highest BCUT2D eigenvalue weighted by atomic mass is 35.5. The van der Waals surface area contributed by atoms with Gasteiger partial charge in [-0.15, -0.1) is 0 Å². The number of aromatic nitrogens is 4. The second-order valence-corrected chi connectivity index (χ2v) is 11.1. The number of piperazine rings is 1. The summed E-state index contributed by atoms with van der Waals surface area (Å²) in [4.78, 5) is 31.5. The minimum Gasteiger partial charge on any atom is -0.364 e. The van der Waals surface area contributed by atoms with Crippen LogP contribution in [0.25, 0.3) is 11.2 Å². The summed E-state index contributed by atoms with van der Waals surface area (Å²) in [6.45, 7) is 3.28. The molecule has 6 rings (SSSR count). The summed E-state index contributed by atoms with van der Waals surface area (Å²) in [5, 5.41) is 4.99. The van der Waals surface area contributed by atoms with E-state index in [4.69, 9.17) is 44.8 Å². The van der Waals surface area contributed by atoms with Gasteiger partial charge in [0.25, 0.3) is 5.91 Å². The topological polar surface area (TPSA) is 79.2 Å².